The molecule has 1 atom stereocenters. The van der Waals surface area contributed by atoms with Gasteiger partial charge in [0.15, 0.2) is 5.82 Å². The molecule has 4 rings (SSSR count). The molecule has 1 aliphatic heterocycles. The van der Waals surface area contributed by atoms with Crippen LogP contribution in [0.2, 0.25) is 0 Å². The van der Waals surface area contributed by atoms with E-state index in [1.54, 1.807) is 0 Å². The third kappa shape index (κ3) is 4.22. The normalized spacial score (nSPS) is 16.6. The van der Waals surface area contributed by atoms with E-state index in [1.165, 1.54) is 11.1 Å². The van der Waals surface area contributed by atoms with Crippen LogP contribution in [0.5, 0.6) is 0 Å². The lowest BCUT2D eigenvalue weighted by atomic mass is 10.00. The first-order valence-electron chi connectivity index (χ1n) is 10.5. The van der Waals surface area contributed by atoms with Crippen LogP contribution in [0, 0.1) is 19.8 Å². The average Bonchev–Trinajstić information content (AvgIpc) is 2.69. The number of piperidine rings is 1. The zero-order valence-electron chi connectivity index (χ0n) is 17.8. The van der Waals surface area contributed by atoms with Gasteiger partial charge in [0.05, 0.1) is 5.39 Å². The Kier molecular flexibility index (Phi) is 5.57. The number of fused-ring (bicyclic) bond motifs is 1. The van der Waals surface area contributed by atoms with Gasteiger partial charge in [-0.3, -0.25) is 9.59 Å². The van der Waals surface area contributed by atoms with Crippen LogP contribution in [0.15, 0.2) is 47.3 Å². The number of nitrogens with one attached hydrogen (secondary N) is 1. The van der Waals surface area contributed by atoms with Gasteiger partial charge in [-0.25, -0.2) is 4.68 Å². The number of benzene rings is 2. The largest absolute Gasteiger partial charge is 0.354 e. The first-order valence-corrected chi connectivity index (χ1v) is 10.5. The van der Waals surface area contributed by atoms with E-state index in [0.29, 0.717) is 11.3 Å². The van der Waals surface area contributed by atoms with E-state index in [4.69, 9.17) is 0 Å². The summed E-state index contributed by atoms with van der Waals surface area (Å²) in [5, 5.41) is 8.99. The fourth-order valence-corrected chi connectivity index (χ4v) is 4.32. The number of carbonyl (C=O) groups excluding carboxylic acids is 1. The summed E-state index contributed by atoms with van der Waals surface area (Å²) in [6.07, 6.45) is 2.30. The molecule has 156 valence electrons. The van der Waals surface area contributed by atoms with Gasteiger partial charge in [0, 0.05) is 24.2 Å². The second kappa shape index (κ2) is 8.30. The minimum Gasteiger partial charge on any atom is -0.354 e. The number of rotatable bonds is 4. The molecule has 1 fully saturated rings. The van der Waals surface area contributed by atoms with E-state index in [2.05, 4.69) is 28.3 Å². The minimum absolute atomic E-state index is 0.118. The molecule has 0 spiro atoms. The SMILES string of the molecule is Cc1cc(C)cc(NC(=O)Cn2nc(N3CCC[C@H](C)C3)c3ccccc3c2=O)c1. The number of hydrogen-bond donors (Lipinski definition) is 1. The van der Waals surface area contributed by atoms with E-state index in [0.717, 1.165) is 47.5 Å². The van der Waals surface area contributed by atoms with Crippen molar-refractivity contribution in [3.05, 3.63) is 63.9 Å². The van der Waals surface area contributed by atoms with Gasteiger partial charge in [-0.2, -0.15) is 5.10 Å². The van der Waals surface area contributed by atoms with Crippen molar-refractivity contribution in [3.63, 3.8) is 0 Å². The number of amides is 1. The van der Waals surface area contributed by atoms with Crippen LogP contribution in [0.4, 0.5) is 11.5 Å². The zero-order valence-corrected chi connectivity index (χ0v) is 17.8. The summed E-state index contributed by atoms with van der Waals surface area (Å²) < 4.78 is 1.30. The fraction of sp³-hybridized carbons (Fsp3) is 0.375. The van der Waals surface area contributed by atoms with Gasteiger partial charge in [-0.05, 0) is 61.9 Å². The second-order valence-electron chi connectivity index (χ2n) is 8.45. The fourth-order valence-electron chi connectivity index (χ4n) is 4.32. The van der Waals surface area contributed by atoms with Crippen LogP contribution in [-0.2, 0) is 11.3 Å². The van der Waals surface area contributed by atoms with Gasteiger partial charge < -0.3 is 10.2 Å². The smallest absolute Gasteiger partial charge is 0.275 e. The van der Waals surface area contributed by atoms with Crippen LogP contribution in [-0.4, -0.2) is 28.8 Å². The number of hydrogen-bond acceptors (Lipinski definition) is 4. The van der Waals surface area contributed by atoms with Crippen molar-refractivity contribution in [1.82, 2.24) is 9.78 Å². The lowest BCUT2D eigenvalue weighted by Gasteiger charge is -2.32. The zero-order chi connectivity index (χ0) is 21.3. The molecular formula is C24H28N4O2. The molecule has 1 aliphatic rings. The van der Waals surface area contributed by atoms with Gasteiger partial charge in [-0.1, -0.05) is 31.2 Å². The lowest BCUT2D eigenvalue weighted by Crippen LogP contribution is -2.38. The number of aryl methyl sites for hydroxylation is 2. The van der Waals surface area contributed by atoms with E-state index in [9.17, 15) is 9.59 Å². The second-order valence-corrected chi connectivity index (χ2v) is 8.45. The predicted octanol–water partition coefficient (Wildman–Crippen LogP) is 3.89. The molecule has 6 nitrogen and oxygen atoms in total. The van der Waals surface area contributed by atoms with E-state index in [1.807, 2.05) is 50.2 Å². The Hall–Kier alpha value is -3.15. The van der Waals surface area contributed by atoms with Crippen molar-refractivity contribution < 1.29 is 4.79 Å². The van der Waals surface area contributed by atoms with Gasteiger partial charge in [0.2, 0.25) is 5.91 Å². The van der Waals surface area contributed by atoms with Crippen molar-refractivity contribution in [2.45, 2.75) is 40.2 Å². The highest BCUT2D eigenvalue weighted by atomic mass is 16.2. The summed E-state index contributed by atoms with van der Waals surface area (Å²) in [6, 6.07) is 13.4. The monoisotopic (exact) mass is 404 g/mol. The highest BCUT2D eigenvalue weighted by Gasteiger charge is 2.22. The molecule has 1 aromatic heterocycles. The van der Waals surface area contributed by atoms with Crippen molar-refractivity contribution in [2.75, 3.05) is 23.3 Å². The molecule has 0 aliphatic carbocycles. The lowest BCUT2D eigenvalue weighted by molar-refractivity contribution is -0.117. The van der Waals surface area contributed by atoms with Gasteiger partial charge in [0.1, 0.15) is 6.54 Å². The Morgan fingerprint density at radius 2 is 1.83 bits per heavy atom. The van der Waals surface area contributed by atoms with Crippen molar-refractivity contribution in [3.8, 4) is 0 Å². The molecule has 0 radical (unpaired) electrons. The quantitative estimate of drug-likeness (QED) is 0.716. The predicted molar refractivity (Wildman–Crippen MR) is 121 cm³/mol. The molecule has 2 aromatic carbocycles. The standard InChI is InChI=1S/C24H28N4O2/c1-16-7-6-10-27(14-16)23-20-8-4-5-9-21(20)24(30)28(26-23)15-22(29)25-19-12-17(2)11-18(3)13-19/h4-5,8-9,11-13,16H,6-7,10,14-15H2,1-3H3,(H,25,29)/t16-/m0/s1. The first-order chi connectivity index (χ1) is 14.4. The Bertz CT molecular complexity index is 1130. The Morgan fingerprint density at radius 1 is 1.13 bits per heavy atom. The molecule has 1 N–H and O–H groups in total. The summed E-state index contributed by atoms with van der Waals surface area (Å²) in [7, 11) is 0. The van der Waals surface area contributed by atoms with Crippen LogP contribution >= 0.6 is 0 Å². The molecule has 3 aromatic rings. The summed E-state index contributed by atoms with van der Waals surface area (Å²) >= 11 is 0. The third-order valence-corrected chi connectivity index (χ3v) is 5.60. The van der Waals surface area contributed by atoms with Gasteiger partial charge in [-0.15, -0.1) is 0 Å². The van der Waals surface area contributed by atoms with Crippen LogP contribution in [0.3, 0.4) is 0 Å². The first kappa shape index (κ1) is 20.1. The van der Waals surface area contributed by atoms with Gasteiger partial charge >= 0.3 is 0 Å². The maximum Gasteiger partial charge on any atom is 0.275 e. The Morgan fingerprint density at radius 3 is 2.53 bits per heavy atom. The number of nitrogens with zero attached hydrogens (tertiary/aromatic N) is 3. The Balaban J connectivity index is 1.67. The highest BCUT2D eigenvalue weighted by molar-refractivity contribution is 5.93. The van der Waals surface area contributed by atoms with Crippen molar-refractivity contribution >= 4 is 28.2 Å². The number of carbonyl (C=O) groups is 1. The number of anilines is 2. The molecular weight excluding hydrogens is 376 g/mol. The molecule has 6 heteroatoms. The van der Waals surface area contributed by atoms with Crippen LogP contribution < -0.4 is 15.8 Å². The molecule has 0 saturated carbocycles. The molecule has 2 heterocycles. The van der Waals surface area contributed by atoms with Crippen LogP contribution in [0.25, 0.3) is 10.8 Å². The molecule has 0 unspecified atom stereocenters. The van der Waals surface area contributed by atoms with E-state index in [-0.39, 0.29) is 18.0 Å². The third-order valence-electron chi connectivity index (χ3n) is 5.60. The Labute approximate surface area is 176 Å². The summed E-state index contributed by atoms with van der Waals surface area (Å²) in [5.74, 6) is 1.10. The van der Waals surface area contributed by atoms with Gasteiger partial charge in [0.25, 0.3) is 5.56 Å². The maximum absolute atomic E-state index is 13.0. The van der Waals surface area contributed by atoms with Crippen LogP contribution in [0.1, 0.15) is 30.9 Å². The van der Waals surface area contributed by atoms with Crippen molar-refractivity contribution in [1.29, 1.82) is 0 Å². The van der Waals surface area contributed by atoms with E-state index >= 15 is 0 Å². The summed E-state index contributed by atoms with van der Waals surface area (Å²) in [5.41, 5.74) is 2.65. The molecule has 0 bridgehead atoms. The highest BCUT2D eigenvalue weighted by Crippen LogP contribution is 2.26. The average molecular weight is 405 g/mol. The summed E-state index contributed by atoms with van der Waals surface area (Å²) in [4.78, 5) is 28.0. The topological polar surface area (TPSA) is 67.2 Å². The minimum atomic E-state index is -0.261. The number of aromatic nitrogens is 2. The molecule has 1 amide bonds. The molecule has 1 saturated heterocycles. The van der Waals surface area contributed by atoms with E-state index < -0.39 is 0 Å². The van der Waals surface area contributed by atoms with Crippen molar-refractivity contribution in [2.24, 2.45) is 5.92 Å². The molecule has 30 heavy (non-hydrogen) atoms. The maximum atomic E-state index is 13.0. The summed E-state index contributed by atoms with van der Waals surface area (Å²) in [6.45, 7) is 7.92.